The second-order valence-electron chi connectivity index (χ2n) is 4.35. The van der Waals surface area contributed by atoms with Crippen molar-refractivity contribution in [1.29, 1.82) is 0 Å². The summed E-state index contributed by atoms with van der Waals surface area (Å²) in [6, 6.07) is 13.2. The zero-order valence-corrected chi connectivity index (χ0v) is 13.4. The Morgan fingerprint density at radius 2 is 2.05 bits per heavy atom. The van der Waals surface area contributed by atoms with Gasteiger partial charge in [0, 0.05) is 6.54 Å². The van der Waals surface area contributed by atoms with Crippen LogP contribution < -0.4 is 15.8 Å². The lowest BCUT2D eigenvalue weighted by Gasteiger charge is -2.11. The Bertz CT molecular complexity index is 649. The molecule has 0 aromatic heterocycles. The number of benzene rings is 2. The van der Waals surface area contributed by atoms with Gasteiger partial charge in [0.05, 0.1) is 15.2 Å². The van der Waals surface area contributed by atoms with E-state index in [9.17, 15) is 4.79 Å². The fourth-order valence-electron chi connectivity index (χ4n) is 1.72. The Morgan fingerprint density at radius 1 is 1.29 bits per heavy atom. The van der Waals surface area contributed by atoms with E-state index in [4.69, 9.17) is 22.1 Å². The summed E-state index contributed by atoms with van der Waals surface area (Å²) in [5, 5.41) is 3.94. The lowest BCUT2D eigenvalue weighted by atomic mass is 10.2. The predicted molar refractivity (Wildman–Crippen MR) is 87.6 cm³/mol. The molecule has 6 heteroatoms. The normalized spacial score (nSPS) is 10.2. The number of primary amides is 1. The number of hydrogen-bond donors (Lipinski definition) is 2. The predicted octanol–water partition coefficient (Wildman–Crippen LogP) is 3.58. The minimum Gasteiger partial charge on any atom is -0.483 e. The Kier molecular flexibility index (Phi) is 5.47. The van der Waals surface area contributed by atoms with E-state index in [0.29, 0.717) is 17.3 Å². The molecule has 2 aromatic carbocycles. The second kappa shape index (κ2) is 7.33. The van der Waals surface area contributed by atoms with E-state index in [1.165, 1.54) is 0 Å². The van der Waals surface area contributed by atoms with Crippen LogP contribution >= 0.6 is 27.5 Å². The van der Waals surface area contributed by atoms with E-state index in [0.717, 1.165) is 15.7 Å². The second-order valence-corrected chi connectivity index (χ2v) is 5.61. The minimum absolute atomic E-state index is 0.143. The van der Waals surface area contributed by atoms with E-state index < -0.39 is 5.91 Å². The van der Waals surface area contributed by atoms with Crippen molar-refractivity contribution in [2.75, 3.05) is 11.9 Å². The molecule has 1 amide bonds. The first kappa shape index (κ1) is 15.7. The summed E-state index contributed by atoms with van der Waals surface area (Å²) in [4.78, 5) is 10.7. The summed E-state index contributed by atoms with van der Waals surface area (Å²) < 4.78 is 6.04. The SMILES string of the molecule is NC(=O)COc1ccc(CNc2ccccc2Cl)cc1Br. The van der Waals surface area contributed by atoms with E-state index in [1.54, 1.807) is 6.07 Å². The fraction of sp³-hybridized carbons (Fsp3) is 0.133. The van der Waals surface area contributed by atoms with Crippen LogP contribution in [0.5, 0.6) is 5.75 Å². The summed E-state index contributed by atoms with van der Waals surface area (Å²) in [6.45, 7) is 0.480. The Hall–Kier alpha value is -1.72. The molecule has 0 aliphatic rings. The van der Waals surface area contributed by atoms with E-state index in [1.807, 2.05) is 36.4 Å². The van der Waals surface area contributed by atoms with Gasteiger partial charge in [-0.25, -0.2) is 0 Å². The largest absolute Gasteiger partial charge is 0.483 e. The van der Waals surface area contributed by atoms with Crippen LogP contribution in [0.3, 0.4) is 0 Å². The molecule has 0 heterocycles. The van der Waals surface area contributed by atoms with Gasteiger partial charge in [-0.05, 0) is 45.8 Å². The van der Waals surface area contributed by atoms with Crippen molar-refractivity contribution < 1.29 is 9.53 Å². The van der Waals surface area contributed by atoms with Crippen LogP contribution in [0.1, 0.15) is 5.56 Å². The van der Waals surface area contributed by atoms with Crippen LogP contribution in [0.15, 0.2) is 46.9 Å². The molecule has 0 aliphatic heterocycles. The molecule has 0 radical (unpaired) electrons. The molecule has 0 aliphatic carbocycles. The average Bonchev–Trinajstić information content (AvgIpc) is 2.45. The van der Waals surface area contributed by atoms with Crippen molar-refractivity contribution in [2.24, 2.45) is 5.73 Å². The van der Waals surface area contributed by atoms with Crippen LogP contribution in [0.25, 0.3) is 0 Å². The van der Waals surface area contributed by atoms with Crippen molar-refractivity contribution in [3.05, 3.63) is 57.5 Å². The number of anilines is 1. The van der Waals surface area contributed by atoms with Gasteiger partial charge in [0.15, 0.2) is 6.61 Å². The summed E-state index contributed by atoms with van der Waals surface area (Å²) in [5.74, 6) is 0.0710. The maximum Gasteiger partial charge on any atom is 0.255 e. The van der Waals surface area contributed by atoms with Gasteiger partial charge < -0.3 is 15.8 Å². The van der Waals surface area contributed by atoms with Crippen LogP contribution in [0.2, 0.25) is 5.02 Å². The highest BCUT2D eigenvalue weighted by Gasteiger charge is 2.05. The highest BCUT2D eigenvalue weighted by Crippen LogP contribution is 2.27. The van der Waals surface area contributed by atoms with Crippen molar-refractivity contribution in [2.45, 2.75) is 6.54 Å². The van der Waals surface area contributed by atoms with Gasteiger partial charge >= 0.3 is 0 Å². The van der Waals surface area contributed by atoms with Gasteiger partial charge in [0.25, 0.3) is 5.91 Å². The van der Waals surface area contributed by atoms with E-state index in [2.05, 4.69) is 21.2 Å². The summed E-state index contributed by atoms with van der Waals surface area (Å²) in [5.41, 5.74) is 6.97. The van der Waals surface area contributed by atoms with Gasteiger partial charge in [0.2, 0.25) is 0 Å². The van der Waals surface area contributed by atoms with E-state index >= 15 is 0 Å². The zero-order chi connectivity index (χ0) is 15.2. The summed E-state index contributed by atoms with van der Waals surface area (Å²) >= 11 is 9.49. The smallest absolute Gasteiger partial charge is 0.255 e. The number of hydrogen-bond acceptors (Lipinski definition) is 3. The first-order valence-corrected chi connectivity index (χ1v) is 7.41. The number of nitrogens with one attached hydrogen (secondary N) is 1. The zero-order valence-electron chi connectivity index (χ0n) is 11.1. The highest BCUT2D eigenvalue weighted by atomic mass is 79.9. The molecule has 2 aromatic rings. The maximum absolute atomic E-state index is 10.7. The van der Waals surface area contributed by atoms with Crippen LogP contribution in [0, 0.1) is 0 Å². The lowest BCUT2D eigenvalue weighted by molar-refractivity contribution is -0.119. The lowest BCUT2D eigenvalue weighted by Crippen LogP contribution is -2.20. The van der Waals surface area contributed by atoms with Crippen molar-refractivity contribution >= 4 is 39.1 Å². The average molecular weight is 370 g/mol. The number of carbonyl (C=O) groups is 1. The molecule has 110 valence electrons. The third-order valence-corrected chi connectivity index (χ3v) is 3.67. The van der Waals surface area contributed by atoms with E-state index in [-0.39, 0.29) is 6.61 Å². The van der Waals surface area contributed by atoms with Gasteiger partial charge in [-0.2, -0.15) is 0 Å². The number of para-hydroxylation sites is 1. The summed E-state index contributed by atoms with van der Waals surface area (Å²) in [7, 11) is 0. The third kappa shape index (κ3) is 4.65. The molecule has 4 nitrogen and oxygen atoms in total. The number of ether oxygens (including phenoxy) is 1. The Labute approximate surface area is 136 Å². The first-order valence-electron chi connectivity index (χ1n) is 6.24. The molecule has 21 heavy (non-hydrogen) atoms. The van der Waals surface area contributed by atoms with Gasteiger partial charge in [0.1, 0.15) is 5.75 Å². The van der Waals surface area contributed by atoms with Crippen LogP contribution in [-0.2, 0) is 11.3 Å². The topological polar surface area (TPSA) is 64.4 Å². The molecule has 0 saturated carbocycles. The fourth-order valence-corrected chi connectivity index (χ4v) is 2.47. The third-order valence-electron chi connectivity index (χ3n) is 2.72. The van der Waals surface area contributed by atoms with Gasteiger partial charge in [-0.1, -0.05) is 29.8 Å². The molecule has 0 spiro atoms. The number of rotatable bonds is 6. The Balaban J connectivity index is 2.00. The number of carbonyl (C=O) groups excluding carboxylic acids is 1. The Morgan fingerprint density at radius 3 is 2.71 bits per heavy atom. The van der Waals surface area contributed by atoms with Gasteiger partial charge in [-0.3, -0.25) is 4.79 Å². The highest BCUT2D eigenvalue weighted by molar-refractivity contribution is 9.10. The summed E-state index contributed by atoms with van der Waals surface area (Å²) in [6.07, 6.45) is 0. The van der Waals surface area contributed by atoms with Gasteiger partial charge in [-0.15, -0.1) is 0 Å². The number of halogens is 2. The van der Waals surface area contributed by atoms with Crippen molar-refractivity contribution in [3.63, 3.8) is 0 Å². The minimum atomic E-state index is -0.508. The quantitative estimate of drug-likeness (QED) is 0.818. The van der Waals surface area contributed by atoms with Crippen LogP contribution in [0.4, 0.5) is 5.69 Å². The van der Waals surface area contributed by atoms with Crippen molar-refractivity contribution in [3.8, 4) is 5.75 Å². The number of nitrogens with two attached hydrogens (primary N) is 1. The molecular formula is C15H14BrClN2O2. The van der Waals surface area contributed by atoms with Crippen LogP contribution in [-0.4, -0.2) is 12.5 Å². The first-order chi connectivity index (χ1) is 10.1. The monoisotopic (exact) mass is 368 g/mol. The molecule has 0 saturated heterocycles. The van der Waals surface area contributed by atoms with Crippen molar-refractivity contribution in [1.82, 2.24) is 0 Å². The molecular weight excluding hydrogens is 356 g/mol. The number of amides is 1. The standard InChI is InChI=1S/C15H14BrClN2O2/c16-11-7-10(5-6-14(11)21-9-15(18)20)8-19-13-4-2-1-3-12(13)17/h1-7,19H,8-9H2,(H2,18,20). The molecule has 2 rings (SSSR count). The molecule has 0 fully saturated rings. The maximum atomic E-state index is 10.7. The molecule has 3 N–H and O–H groups in total. The molecule has 0 unspecified atom stereocenters. The molecule has 0 atom stereocenters. The molecule has 0 bridgehead atoms.